The normalized spacial score (nSPS) is 19.7. The second-order valence-electron chi connectivity index (χ2n) is 4.29. The fourth-order valence-corrected chi connectivity index (χ4v) is 1.41. The van der Waals surface area contributed by atoms with E-state index < -0.39 is 0 Å². The van der Waals surface area contributed by atoms with Gasteiger partial charge in [0.1, 0.15) is 0 Å². The molecule has 0 heterocycles. The third-order valence-electron chi connectivity index (χ3n) is 2.85. The van der Waals surface area contributed by atoms with Crippen molar-refractivity contribution >= 4 is 5.91 Å². The van der Waals surface area contributed by atoms with Crippen molar-refractivity contribution in [3.05, 3.63) is 0 Å². The summed E-state index contributed by atoms with van der Waals surface area (Å²) in [6, 6.07) is 0. The number of carbonyl (C=O) groups is 1. The molecule has 0 aliphatic heterocycles. The summed E-state index contributed by atoms with van der Waals surface area (Å²) in [5.74, 6) is 0.418. The summed E-state index contributed by atoms with van der Waals surface area (Å²) < 4.78 is 5.04. The van der Waals surface area contributed by atoms with Crippen molar-refractivity contribution in [2.75, 3.05) is 13.7 Å². The number of hydrogen-bond acceptors (Lipinski definition) is 3. The van der Waals surface area contributed by atoms with Crippen LogP contribution in [0.3, 0.4) is 0 Å². The molecule has 0 spiro atoms. The molecule has 0 saturated heterocycles. The van der Waals surface area contributed by atoms with Crippen molar-refractivity contribution in [2.24, 2.45) is 5.92 Å². The van der Waals surface area contributed by atoms with Crippen molar-refractivity contribution in [3.63, 3.8) is 0 Å². The Kier molecular flexibility index (Phi) is 5.05. The molecule has 4 nitrogen and oxygen atoms in total. The van der Waals surface area contributed by atoms with Gasteiger partial charge in [-0.2, -0.15) is 0 Å². The molecule has 0 radical (unpaired) electrons. The van der Waals surface area contributed by atoms with E-state index in [-0.39, 0.29) is 18.1 Å². The number of methoxy groups -OCH3 is 1. The molecule has 1 rings (SSSR count). The Balaban J connectivity index is 2.02. The second kappa shape index (κ2) is 6.08. The van der Waals surface area contributed by atoms with Crippen molar-refractivity contribution in [1.82, 2.24) is 5.32 Å². The van der Waals surface area contributed by atoms with Crippen molar-refractivity contribution in [2.45, 2.75) is 44.8 Å². The Bertz CT molecular complexity index is 204. The SMILES string of the molecule is COC(C)CCC(=O)NCC(O)C1CC1. The lowest BCUT2D eigenvalue weighted by Crippen LogP contribution is -2.33. The maximum absolute atomic E-state index is 11.3. The highest BCUT2D eigenvalue weighted by Crippen LogP contribution is 2.32. The highest BCUT2D eigenvalue weighted by atomic mass is 16.5. The number of aliphatic hydroxyl groups is 1. The summed E-state index contributed by atoms with van der Waals surface area (Å²) in [5, 5.41) is 12.3. The quantitative estimate of drug-likeness (QED) is 0.657. The summed E-state index contributed by atoms with van der Waals surface area (Å²) in [6.45, 7) is 2.33. The highest BCUT2D eigenvalue weighted by Gasteiger charge is 2.29. The van der Waals surface area contributed by atoms with Crippen LogP contribution in [0.25, 0.3) is 0 Å². The van der Waals surface area contributed by atoms with Crippen LogP contribution in [0.2, 0.25) is 0 Å². The lowest BCUT2D eigenvalue weighted by Gasteiger charge is -2.12. The van der Waals surface area contributed by atoms with Gasteiger partial charge in [-0.3, -0.25) is 4.79 Å². The molecular formula is C11H21NO3. The Labute approximate surface area is 91.0 Å². The van der Waals surface area contributed by atoms with Crippen LogP contribution in [0.5, 0.6) is 0 Å². The highest BCUT2D eigenvalue weighted by molar-refractivity contribution is 5.75. The molecule has 1 saturated carbocycles. The monoisotopic (exact) mass is 215 g/mol. The van der Waals surface area contributed by atoms with E-state index in [1.54, 1.807) is 7.11 Å². The predicted molar refractivity (Wildman–Crippen MR) is 57.4 cm³/mol. The molecule has 2 atom stereocenters. The standard InChI is InChI=1S/C11H21NO3/c1-8(15-2)3-6-11(14)12-7-10(13)9-4-5-9/h8-10,13H,3-7H2,1-2H3,(H,12,14). The molecule has 4 heteroatoms. The molecule has 1 aliphatic rings. The molecule has 0 bridgehead atoms. The van der Waals surface area contributed by atoms with Gasteiger partial charge < -0.3 is 15.2 Å². The minimum atomic E-state index is -0.353. The van der Waals surface area contributed by atoms with Gasteiger partial charge in [0.05, 0.1) is 12.2 Å². The maximum atomic E-state index is 11.3. The number of ether oxygens (including phenoxy) is 1. The van der Waals surface area contributed by atoms with Gasteiger partial charge in [-0.1, -0.05) is 0 Å². The van der Waals surface area contributed by atoms with Crippen molar-refractivity contribution in [1.29, 1.82) is 0 Å². The number of nitrogens with one attached hydrogen (secondary N) is 1. The van der Waals surface area contributed by atoms with Crippen LogP contribution in [0.4, 0.5) is 0 Å². The van der Waals surface area contributed by atoms with Gasteiger partial charge in [0.25, 0.3) is 0 Å². The third kappa shape index (κ3) is 5.14. The van der Waals surface area contributed by atoms with Crippen LogP contribution in [-0.4, -0.2) is 36.9 Å². The second-order valence-corrected chi connectivity index (χ2v) is 4.29. The van der Waals surface area contributed by atoms with Gasteiger partial charge in [0.2, 0.25) is 5.91 Å². The van der Waals surface area contributed by atoms with Crippen LogP contribution in [0.1, 0.15) is 32.6 Å². The minimum Gasteiger partial charge on any atom is -0.391 e. The van der Waals surface area contributed by atoms with E-state index in [9.17, 15) is 9.90 Å². The first kappa shape index (κ1) is 12.5. The predicted octanol–water partition coefficient (Wildman–Crippen LogP) is 0.689. The smallest absolute Gasteiger partial charge is 0.220 e. The number of aliphatic hydroxyl groups excluding tert-OH is 1. The summed E-state index contributed by atoms with van der Waals surface area (Å²) in [6.07, 6.45) is 3.14. The minimum absolute atomic E-state index is 0.00130. The van der Waals surface area contributed by atoms with Gasteiger partial charge in [0, 0.05) is 20.1 Å². The van der Waals surface area contributed by atoms with Crippen molar-refractivity contribution in [3.8, 4) is 0 Å². The zero-order valence-electron chi connectivity index (χ0n) is 9.53. The molecule has 2 N–H and O–H groups in total. The van der Waals surface area contributed by atoms with E-state index in [1.807, 2.05) is 6.92 Å². The first-order chi connectivity index (χ1) is 7.13. The fourth-order valence-electron chi connectivity index (χ4n) is 1.41. The molecule has 88 valence electrons. The van der Waals surface area contributed by atoms with Crippen LogP contribution >= 0.6 is 0 Å². The summed E-state index contributed by atoms with van der Waals surface area (Å²) in [4.78, 5) is 11.3. The average molecular weight is 215 g/mol. The zero-order chi connectivity index (χ0) is 11.3. The Morgan fingerprint density at radius 1 is 1.60 bits per heavy atom. The topological polar surface area (TPSA) is 58.6 Å². The van der Waals surface area contributed by atoms with Gasteiger partial charge in [-0.15, -0.1) is 0 Å². The van der Waals surface area contributed by atoms with Crippen LogP contribution in [-0.2, 0) is 9.53 Å². The van der Waals surface area contributed by atoms with Gasteiger partial charge >= 0.3 is 0 Å². The number of carbonyl (C=O) groups excluding carboxylic acids is 1. The lowest BCUT2D eigenvalue weighted by molar-refractivity contribution is -0.122. The van der Waals surface area contributed by atoms with E-state index in [2.05, 4.69) is 5.32 Å². The molecule has 0 aromatic rings. The van der Waals surface area contributed by atoms with Crippen LogP contribution in [0, 0.1) is 5.92 Å². The van der Waals surface area contributed by atoms with Gasteiger partial charge in [0.15, 0.2) is 0 Å². The Morgan fingerprint density at radius 2 is 2.27 bits per heavy atom. The van der Waals surface area contributed by atoms with Crippen molar-refractivity contribution < 1.29 is 14.6 Å². The van der Waals surface area contributed by atoms with Crippen LogP contribution < -0.4 is 5.32 Å². The van der Waals surface area contributed by atoms with Gasteiger partial charge in [-0.25, -0.2) is 0 Å². The van der Waals surface area contributed by atoms with E-state index in [1.165, 1.54) is 0 Å². The number of amides is 1. The number of rotatable bonds is 7. The Morgan fingerprint density at radius 3 is 2.80 bits per heavy atom. The first-order valence-corrected chi connectivity index (χ1v) is 5.61. The van der Waals surface area contributed by atoms with Gasteiger partial charge in [-0.05, 0) is 32.1 Å². The summed E-state index contributed by atoms with van der Waals surface area (Å²) in [5.41, 5.74) is 0. The van der Waals surface area contributed by atoms with E-state index in [4.69, 9.17) is 4.74 Å². The number of hydrogen-bond donors (Lipinski definition) is 2. The maximum Gasteiger partial charge on any atom is 0.220 e. The van der Waals surface area contributed by atoms with E-state index >= 15 is 0 Å². The molecule has 2 unspecified atom stereocenters. The average Bonchev–Trinajstić information content (AvgIpc) is 3.05. The molecule has 1 amide bonds. The van der Waals surface area contributed by atoms with E-state index in [0.717, 1.165) is 19.3 Å². The molecule has 0 aromatic carbocycles. The molecule has 15 heavy (non-hydrogen) atoms. The molecule has 1 aliphatic carbocycles. The molecule has 1 fully saturated rings. The largest absolute Gasteiger partial charge is 0.391 e. The third-order valence-corrected chi connectivity index (χ3v) is 2.85. The Hall–Kier alpha value is -0.610. The molecular weight excluding hydrogens is 194 g/mol. The fraction of sp³-hybridized carbons (Fsp3) is 0.909. The lowest BCUT2D eigenvalue weighted by atomic mass is 10.2. The van der Waals surface area contributed by atoms with Crippen LogP contribution in [0.15, 0.2) is 0 Å². The summed E-state index contributed by atoms with van der Waals surface area (Å²) >= 11 is 0. The summed E-state index contributed by atoms with van der Waals surface area (Å²) in [7, 11) is 1.64. The van der Waals surface area contributed by atoms with E-state index in [0.29, 0.717) is 18.9 Å². The zero-order valence-corrected chi connectivity index (χ0v) is 9.53. The molecule has 0 aromatic heterocycles. The first-order valence-electron chi connectivity index (χ1n) is 5.61.